The standard InChI is InChI=1S/C23H22BrN3O2S/c24-17-6-7-20-16(10-17)11-21(30-20)23(29)27-13-19(14-27)25-18-8-9-26(12-18)22(28)15-4-2-1-3-5-15/h1-7,10-11,18-19,25H,8-9,12-14H2/t18-/m0/s1. The van der Waals surface area contributed by atoms with E-state index in [1.165, 1.54) is 0 Å². The summed E-state index contributed by atoms with van der Waals surface area (Å²) in [6.45, 7) is 2.95. The molecule has 2 aliphatic rings. The van der Waals surface area contributed by atoms with Crippen molar-refractivity contribution in [3.05, 3.63) is 69.5 Å². The minimum Gasteiger partial charge on any atom is -0.337 e. The molecule has 0 saturated carbocycles. The number of nitrogens with zero attached hydrogens (tertiary/aromatic N) is 2. The number of fused-ring (bicyclic) bond motifs is 1. The fourth-order valence-corrected chi connectivity index (χ4v) is 5.59. The number of carbonyl (C=O) groups excluding carboxylic acids is 2. The second-order valence-corrected chi connectivity index (χ2v) is 9.97. The predicted molar refractivity (Wildman–Crippen MR) is 123 cm³/mol. The molecule has 0 spiro atoms. The summed E-state index contributed by atoms with van der Waals surface area (Å²) < 4.78 is 2.15. The Morgan fingerprint density at radius 2 is 1.70 bits per heavy atom. The first kappa shape index (κ1) is 19.7. The van der Waals surface area contributed by atoms with Gasteiger partial charge in [-0.25, -0.2) is 0 Å². The lowest BCUT2D eigenvalue weighted by atomic mass is 10.1. The maximum Gasteiger partial charge on any atom is 0.264 e. The van der Waals surface area contributed by atoms with Gasteiger partial charge in [0.05, 0.1) is 4.88 Å². The van der Waals surface area contributed by atoms with E-state index in [2.05, 4.69) is 21.2 Å². The first-order valence-corrected chi connectivity index (χ1v) is 11.8. The Kier molecular flexibility index (Phi) is 5.35. The van der Waals surface area contributed by atoms with E-state index < -0.39 is 0 Å². The van der Waals surface area contributed by atoms with Gasteiger partial charge < -0.3 is 15.1 Å². The molecule has 2 saturated heterocycles. The Balaban J connectivity index is 1.13. The predicted octanol–water partition coefficient (Wildman–Crippen LogP) is 3.99. The van der Waals surface area contributed by atoms with Crippen LogP contribution in [0.1, 0.15) is 26.5 Å². The van der Waals surface area contributed by atoms with Crippen LogP contribution in [0.3, 0.4) is 0 Å². The topological polar surface area (TPSA) is 52.7 Å². The molecule has 0 unspecified atom stereocenters. The molecule has 30 heavy (non-hydrogen) atoms. The van der Waals surface area contributed by atoms with Gasteiger partial charge in [-0.1, -0.05) is 34.1 Å². The Morgan fingerprint density at radius 3 is 2.50 bits per heavy atom. The number of thiophene rings is 1. The Bertz CT molecular complexity index is 1090. The quantitative estimate of drug-likeness (QED) is 0.610. The monoisotopic (exact) mass is 483 g/mol. The van der Waals surface area contributed by atoms with E-state index in [1.807, 2.05) is 64.4 Å². The molecule has 1 N–H and O–H groups in total. The van der Waals surface area contributed by atoms with Crippen molar-refractivity contribution >= 4 is 49.2 Å². The molecule has 0 bridgehead atoms. The second kappa shape index (κ2) is 8.13. The van der Waals surface area contributed by atoms with E-state index >= 15 is 0 Å². The molecule has 0 radical (unpaired) electrons. The van der Waals surface area contributed by atoms with Crippen LogP contribution in [0, 0.1) is 0 Å². The van der Waals surface area contributed by atoms with Crippen molar-refractivity contribution in [2.24, 2.45) is 0 Å². The van der Waals surface area contributed by atoms with E-state index in [-0.39, 0.29) is 11.8 Å². The highest BCUT2D eigenvalue weighted by Crippen LogP contribution is 2.30. The van der Waals surface area contributed by atoms with Gasteiger partial charge in [0.25, 0.3) is 11.8 Å². The number of halogens is 1. The maximum atomic E-state index is 12.8. The zero-order chi connectivity index (χ0) is 20.7. The number of carbonyl (C=O) groups is 2. The summed E-state index contributed by atoms with van der Waals surface area (Å²) >= 11 is 5.04. The highest BCUT2D eigenvalue weighted by Gasteiger charge is 2.35. The van der Waals surface area contributed by atoms with Gasteiger partial charge in [-0.3, -0.25) is 9.59 Å². The van der Waals surface area contributed by atoms with Crippen LogP contribution < -0.4 is 5.32 Å². The van der Waals surface area contributed by atoms with Crippen LogP contribution >= 0.6 is 27.3 Å². The summed E-state index contributed by atoms with van der Waals surface area (Å²) in [5, 5.41) is 4.73. The van der Waals surface area contributed by atoms with E-state index in [0.29, 0.717) is 12.1 Å². The largest absolute Gasteiger partial charge is 0.337 e. The minimum absolute atomic E-state index is 0.0988. The van der Waals surface area contributed by atoms with Crippen LogP contribution in [0.2, 0.25) is 0 Å². The molecular formula is C23H22BrN3O2S. The third-order valence-electron chi connectivity index (χ3n) is 5.83. The van der Waals surface area contributed by atoms with Crippen LogP contribution in [0.5, 0.6) is 0 Å². The minimum atomic E-state index is 0.0988. The Hall–Kier alpha value is -2.22. The fourth-order valence-electron chi connectivity index (χ4n) is 4.20. The van der Waals surface area contributed by atoms with Crippen LogP contribution in [0.4, 0.5) is 0 Å². The molecule has 2 aromatic carbocycles. The molecule has 3 heterocycles. The van der Waals surface area contributed by atoms with E-state index in [4.69, 9.17) is 0 Å². The van der Waals surface area contributed by atoms with E-state index in [9.17, 15) is 9.59 Å². The van der Waals surface area contributed by atoms with Crippen molar-refractivity contribution < 1.29 is 9.59 Å². The number of hydrogen-bond acceptors (Lipinski definition) is 4. The van der Waals surface area contributed by atoms with E-state index in [0.717, 1.165) is 57.6 Å². The van der Waals surface area contributed by atoms with Crippen LogP contribution in [-0.2, 0) is 0 Å². The molecule has 2 amide bonds. The molecule has 1 atom stereocenters. The van der Waals surface area contributed by atoms with Crippen LogP contribution in [-0.4, -0.2) is 59.9 Å². The van der Waals surface area contributed by atoms with Crippen molar-refractivity contribution in [3.63, 3.8) is 0 Å². The van der Waals surface area contributed by atoms with Crippen molar-refractivity contribution in [3.8, 4) is 0 Å². The smallest absolute Gasteiger partial charge is 0.264 e. The van der Waals surface area contributed by atoms with Crippen molar-refractivity contribution in [2.45, 2.75) is 18.5 Å². The zero-order valence-corrected chi connectivity index (χ0v) is 18.8. The van der Waals surface area contributed by atoms with Gasteiger partial charge in [0, 0.05) is 53.0 Å². The number of hydrogen-bond donors (Lipinski definition) is 1. The molecule has 3 aromatic rings. The Labute approximate surface area is 187 Å². The number of amides is 2. The zero-order valence-electron chi connectivity index (χ0n) is 16.4. The average Bonchev–Trinajstić information content (AvgIpc) is 3.36. The summed E-state index contributed by atoms with van der Waals surface area (Å²) in [6.07, 6.45) is 0.953. The molecule has 154 valence electrons. The molecule has 0 aliphatic carbocycles. The fraction of sp³-hybridized carbons (Fsp3) is 0.304. The van der Waals surface area contributed by atoms with E-state index in [1.54, 1.807) is 11.3 Å². The lowest BCUT2D eigenvalue weighted by Crippen LogP contribution is -2.61. The molecule has 5 nitrogen and oxygen atoms in total. The number of rotatable bonds is 4. The highest BCUT2D eigenvalue weighted by atomic mass is 79.9. The van der Waals surface area contributed by atoms with Crippen molar-refractivity contribution in [1.29, 1.82) is 0 Å². The second-order valence-electron chi connectivity index (χ2n) is 7.97. The third-order valence-corrected chi connectivity index (χ3v) is 7.42. The van der Waals surface area contributed by atoms with Gasteiger partial charge in [0.15, 0.2) is 0 Å². The van der Waals surface area contributed by atoms with Gasteiger partial charge >= 0.3 is 0 Å². The molecule has 2 fully saturated rings. The van der Waals surface area contributed by atoms with Crippen molar-refractivity contribution in [2.75, 3.05) is 26.2 Å². The summed E-state index contributed by atoms with van der Waals surface area (Å²) in [5.74, 6) is 0.208. The highest BCUT2D eigenvalue weighted by molar-refractivity contribution is 9.10. The van der Waals surface area contributed by atoms with Crippen molar-refractivity contribution in [1.82, 2.24) is 15.1 Å². The molecule has 5 rings (SSSR count). The van der Waals surface area contributed by atoms with Gasteiger partial charge in [0.2, 0.25) is 0 Å². The van der Waals surface area contributed by atoms with Gasteiger partial charge in [-0.2, -0.15) is 0 Å². The number of likely N-dealkylation sites (tertiary alicyclic amines) is 2. The van der Waals surface area contributed by atoms with Crippen LogP contribution in [0.25, 0.3) is 10.1 Å². The van der Waals surface area contributed by atoms with Crippen LogP contribution in [0.15, 0.2) is 59.1 Å². The molecular weight excluding hydrogens is 462 g/mol. The number of nitrogens with one attached hydrogen (secondary N) is 1. The SMILES string of the molecule is O=C(c1ccccc1)N1CC[C@H](NC2CN(C(=O)c3cc4cc(Br)ccc4s3)C2)C1. The molecule has 1 aromatic heterocycles. The Morgan fingerprint density at radius 1 is 0.933 bits per heavy atom. The third kappa shape index (κ3) is 3.89. The summed E-state index contributed by atoms with van der Waals surface area (Å²) in [7, 11) is 0. The maximum absolute atomic E-state index is 12.8. The lowest BCUT2D eigenvalue weighted by molar-refractivity contribution is 0.0558. The van der Waals surface area contributed by atoms with Gasteiger partial charge in [0.1, 0.15) is 0 Å². The first-order valence-electron chi connectivity index (χ1n) is 10.2. The molecule has 7 heteroatoms. The lowest BCUT2D eigenvalue weighted by Gasteiger charge is -2.40. The summed E-state index contributed by atoms with van der Waals surface area (Å²) in [5.41, 5.74) is 0.744. The van der Waals surface area contributed by atoms with Gasteiger partial charge in [-0.05, 0) is 48.2 Å². The molecule has 2 aliphatic heterocycles. The summed E-state index contributed by atoms with van der Waals surface area (Å²) in [6, 6.07) is 18.1. The van der Waals surface area contributed by atoms with Gasteiger partial charge in [-0.15, -0.1) is 11.3 Å². The first-order chi connectivity index (χ1) is 14.6. The normalized spacial score (nSPS) is 19.3. The number of benzene rings is 2. The summed E-state index contributed by atoms with van der Waals surface area (Å²) in [4.78, 5) is 30.0. The average molecular weight is 484 g/mol.